The number of aryl methyl sites for hydroxylation is 2. The van der Waals surface area contributed by atoms with Crippen molar-refractivity contribution in [3.05, 3.63) is 83.7 Å². The van der Waals surface area contributed by atoms with Crippen molar-refractivity contribution in [1.29, 1.82) is 0 Å². The second-order valence-electron chi connectivity index (χ2n) is 6.40. The number of nitrogens with zero attached hydrogens (tertiary/aromatic N) is 1. The van der Waals surface area contributed by atoms with Crippen LogP contribution in [0.5, 0.6) is 0 Å². The molecule has 0 unspecified atom stereocenters. The first-order valence-corrected chi connectivity index (χ1v) is 8.78. The third kappa shape index (κ3) is 4.26. The summed E-state index contributed by atoms with van der Waals surface area (Å²) in [5.74, 6) is -0.900. The highest BCUT2D eigenvalue weighted by molar-refractivity contribution is 5.97. The predicted octanol–water partition coefficient (Wildman–Crippen LogP) is 4.28. The van der Waals surface area contributed by atoms with Gasteiger partial charge < -0.3 is 14.6 Å². The molecule has 0 aliphatic heterocycles. The van der Waals surface area contributed by atoms with Crippen molar-refractivity contribution in [2.75, 3.05) is 5.32 Å². The van der Waals surface area contributed by atoms with Crippen molar-refractivity contribution in [2.24, 2.45) is 0 Å². The van der Waals surface area contributed by atoms with Crippen LogP contribution in [0.1, 0.15) is 28.7 Å². The first kappa shape index (κ1) is 18.5. The van der Waals surface area contributed by atoms with Gasteiger partial charge in [0.1, 0.15) is 0 Å². The van der Waals surface area contributed by atoms with Crippen LogP contribution in [0.3, 0.4) is 0 Å². The summed E-state index contributed by atoms with van der Waals surface area (Å²) < 4.78 is 7.39. The first-order valence-electron chi connectivity index (χ1n) is 8.78. The zero-order valence-electron chi connectivity index (χ0n) is 15.6. The van der Waals surface area contributed by atoms with Gasteiger partial charge >= 0.3 is 5.97 Å². The molecule has 1 amide bonds. The Bertz CT molecular complexity index is 924. The molecule has 0 fully saturated rings. The van der Waals surface area contributed by atoms with Crippen molar-refractivity contribution in [3.63, 3.8) is 0 Å². The molecule has 0 aliphatic rings. The first-order chi connectivity index (χ1) is 13.0. The van der Waals surface area contributed by atoms with Gasteiger partial charge in [-0.1, -0.05) is 18.2 Å². The van der Waals surface area contributed by atoms with Crippen LogP contribution in [0.4, 0.5) is 5.69 Å². The van der Waals surface area contributed by atoms with Crippen LogP contribution in [0.15, 0.2) is 66.7 Å². The Balaban J connectivity index is 1.65. The van der Waals surface area contributed by atoms with Crippen LogP contribution >= 0.6 is 0 Å². The minimum atomic E-state index is -0.897. The highest BCUT2D eigenvalue weighted by Gasteiger charge is 2.19. The number of ether oxygens (including phenoxy) is 1. The molecule has 1 heterocycles. The summed E-state index contributed by atoms with van der Waals surface area (Å²) in [7, 11) is 0. The van der Waals surface area contributed by atoms with E-state index in [1.54, 1.807) is 31.2 Å². The topological polar surface area (TPSA) is 60.3 Å². The van der Waals surface area contributed by atoms with E-state index in [0.717, 1.165) is 17.1 Å². The quantitative estimate of drug-likeness (QED) is 0.689. The molecule has 138 valence electrons. The molecular formula is C22H22N2O3. The van der Waals surface area contributed by atoms with Gasteiger partial charge in [-0.2, -0.15) is 0 Å². The Morgan fingerprint density at radius 3 is 2.07 bits per heavy atom. The second kappa shape index (κ2) is 7.91. The van der Waals surface area contributed by atoms with Gasteiger partial charge in [0.05, 0.1) is 5.56 Å². The highest BCUT2D eigenvalue weighted by atomic mass is 16.5. The van der Waals surface area contributed by atoms with E-state index in [1.165, 1.54) is 0 Å². The average Bonchev–Trinajstić information content (AvgIpc) is 3.01. The van der Waals surface area contributed by atoms with Crippen LogP contribution < -0.4 is 5.32 Å². The van der Waals surface area contributed by atoms with Crippen molar-refractivity contribution < 1.29 is 14.3 Å². The maximum atomic E-state index is 12.3. The Morgan fingerprint density at radius 1 is 0.889 bits per heavy atom. The Labute approximate surface area is 158 Å². The third-order valence-corrected chi connectivity index (χ3v) is 4.33. The molecule has 0 radical (unpaired) electrons. The van der Waals surface area contributed by atoms with Crippen molar-refractivity contribution in [1.82, 2.24) is 4.57 Å². The molecule has 1 N–H and O–H groups in total. The van der Waals surface area contributed by atoms with Crippen LogP contribution in [-0.4, -0.2) is 22.5 Å². The number of rotatable bonds is 5. The Hall–Kier alpha value is -3.34. The summed E-state index contributed by atoms with van der Waals surface area (Å²) in [5, 5.41) is 2.72. The molecule has 0 spiro atoms. The maximum absolute atomic E-state index is 12.3. The summed E-state index contributed by atoms with van der Waals surface area (Å²) in [4.78, 5) is 24.5. The normalized spacial score (nSPS) is 11.7. The number of aromatic nitrogens is 1. The van der Waals surface area contributed by atoms with E-state index in [0.29, 0.717) is 11.3 Å². The number of amides is 1. The standard InChI is InChI=1S/C22H22N2O3/c1-15-9-10-16(2)24(15)20-13-11-18(12-14-20)22(26)27-17(3)21(25)23-19-7-5-4-6-8-19/h4-14,17H,1-3H3,(H,23,25)/t17-/m0/s1. The zero-order chi connectivity index (χ0) is 19.4. The molecule has 5 nitrogen and oxygen atoms in total. The molecular weight excluding hydrogens is 340 g/mol. The van der Waals surface area contributed by atoms with Crippen LogP contribution in [-0.2, 0) is 9.53 Å². The van der Waals surface area contributed by atoms with Crippen LogP contribution in [0.2, 0.25) is 0 Å². The number of carbonyl (C=O) groups is 2. The molecule has 0 bridgehead atoms. The lowest BCUT2D eigenvalue weighted by atomic mass is 10.2. The number of carbonyl (C=O) groups excluding carboxylic acids is 2. The Morgan fingerprint density at radius 2 is 1.48 bits per heavy atom. The fourth-order valence-corrected chi connectivity index (χ4v) is 2.87. The number of anilines is 1. The fraction of sp³-hybridized carbons (Fsp3) is 0.182. The molecule has 27 heavy (non-hydrogen) atoms. The molecule has 1 atom stereocenters. The minimum Gasteiger partial charge on any atom is -0.449 e. The molecule has 1 aromatic heterocycles. The van der Waals surface area contributed by atoms with Crippen molar-refractivity contribution in [3.8, 4) is 5.69 Å². The molecule has 3 aromatic rings. The van der Waals surface area contributed by atoms with Gasteiger partial charge in [0, 0.05) is 22.8 Å². The summed E-state index contributed by atoms with van der Waals surface area (Å²) in [5.41, 5.74) is 4.28. The molecule has 0 saturated heterocycles. The van der Waals surface area contributed by atoms with E-state index < -0.39 is 12.1 Å². The smallest absolute Gasteiger partial charge is 0.338 e. The predicted molar refractivity (Wildman–Crippen MR) is 105 cm³/mol. The van der Waals surface area contributed by atoms with Gasteiger partial charge in [-0.05, 0) is 69.3 Å². The van der Waals surface area contributed by atoms with E-state index in [2.05, 4.69) is 9.88 Å². The van der Waals surface area contributed by atoms with E-state index in [4.69, 9.17) is 4.74 Å². The number of hydrogen-bond acceptors (Lipinski definition) is 3. The summed E-state index contributed by atoms with van der Waals surface area (Å²) in [6.45, 7) is 5.61. The molecule has 2 aromatic carbocycles. The molecule has 3 rings (SSSR count). The van der Waals surface area contributed by atoms with E-state index in [1.807, 2.05) is 56.3 Å². The van der Waals surface area contributed by atoms with Gasteiger partial charge in [0.15, 0.2) is 6.10 Å². The number of esters is 1. The lowest BCUT2D eigenvalue weighted by molar-refractivity contribution is -0.123. The largest absolute Gasteiger partial charge is 0.449 e. The lowest BCUT2D eigenvalue weighted by Crippen LogP contribution is -2.30. The average molecular weight is 362 g/mol. The van der Waals surface area contributed by atoms with Gasteiger partial charge in [0.2, 0.25) is 0 Å². The van der Waals surface area contributed by atoms with E-state index in [-0.39, 0.29) is 5.91 Å². The van der Waals surface area contributed by atoms with Gasteiger partial charge in [0.25, 0.3) is 5.91 Å². The lowest BCUT2D eigenvalue weighted by Gasteiger charge is -2.14. The van der Waals surface area contributed by atoms with E-state index in [9.17, 15) is 9.59 Å². The number of nitrogens with one attached hydrogen (secondary N) is 1. The minimum absolute atomic E-state index is 0.371. The fourth-order valence-electron chi connectivity index (χ4n) is 2.87. The van der Waals surface area contributed by atoms with Gasteiger partial charge in [-0.15, -0.1) is 0 Å². The van der Waals surface area contributed by atoms with Crippen LogP contribution in [0.25, 0.3) is 5.69 Å². The second-order valence-corrected chi connectivity index (χ2v) is 6.40. The summed E-state index contributed by atoms with van der Waals surface area (Å²) in [6, 6.07) is 20.3. The molecule has 5 heteroatoms. The molecule has 0 aliphatic carbocycles. The summed E-state index contributed by atoms with van der Waals surface area (Å²) in [6.07, 6.45) is -0.897. The number of benzene rings is 2. The molecule has 0 saturated carbocycles. The number of para-hydroxylation sites is 1. The Kier molecular flexibility index (Phi) is 5.41. The third-order valence-electron chi connectivity index (χ3n) is 4.33. The van der Waals surface area contributed by atoms with Crippen molar-refractivity contribution >= 4 is 17.6 Å². The maximum Gasteiger partial charge on any atom is 0.338 e. The van der Waals surface area contributed by atoms with Crippen molar-refractivity contribution in [2.45, 2.75) is 26.9 Å². The van der Waals surface area contributed by atoms with E-state index >= 15 is 0 Å². The zero-order valence-corrected chi connectivity index (χ0v) is 15.6. The number of hydrogen-bond donors (Lipinski definition) is 1. The summed E-state index contributed by atoms with van der Waals surface area (Å²) >= 11 is 0. The van der Waals surface area contributed by atoms with Gasteiger partial charge in [-0.3, -0.25) is 4.79 Å². The van der Waals surface area contributed by atoms with Crippen LogP contribution in [0, 0.1) is 13.8 Å². The van der Waals surface area contributed by atoms with Gasteiger partial charge in [-0.25, -0.2) is 4.79 Å². The highest BCUT2D eigenvalue weighted by Crippen LogP contribution is 2.17. The SMILES string of the molecule is Cc1ccc(C)n1-c1ccc(C(=O)O[C@@H](C)C(=O)Nc2ccccc2)cc1. The monoisotopic (exact) mass is 362 g/mol.